The van der Waals surface area contributed by atoms with Crippen LogP contribution in [0, 0.1) is 0 Å². The lowest BCUT2D eigenvalue weighted by Crippen LogP contribution is -1.82. The first-order valence-corrected chi connectivity index (χ1v) is 6.58. The molecule has 1 aromatic heterocycles. The Balaban J connectivity index is 2.16. The van der Waals surface area contributed by atoms with Crippen molar-refractivity contribution in [1.29, 1.82) is 0 Å². The largest absolute Gasteiger partial charge is 0.497 e. The van der Waals surface area contributed by atoms with Crippen molar-refractivity contribution in [3.05, 3.63) is 18.2 Å². The molecular formula is C11H13ClN2OS. The third-order valence-corrected chi connectivity index (χ3v) is 3.41. The summed E-state index contributed by atoms with van der Waals surface area (Å²) in [6.07, 6.45) is 0.993. The highest BCUT2D eigenvalue weighted by atomic mass is 35.5. The molecule has 0 spiro atoms. The number of ether oxygens (including phenoxy) is 1. The summed E-state index contributed by atoms with van der Waals surface area (Å²) in [5.41, 5.74) is 1.97. The number of aromatic amines is 1. The summed E-state index contributed by atoms with van der Waals surface area (Å²) in [7, 11) is 1.66. The molecule has 0 unspecified atom stereocenters. The van der Waals surface area contributed by atoms with Gasteiger partial charge in [0.25, 0.3) is 0 Å². The van der Waals surface area contributed by atoms with Gasteiger partial charge in [-0.15, -0.1) is 11.6 Å². The Morgan fingerprint density at radius 3 is 3.12 bits per heavy atom. The number of thioether (sulfide) groups is 1. The molecule has 0 amide bonds. The zero-order valence-electron chi connectivity index (χ0n) is 9.00. The molecular weight excluding hydrogens is 244 g/mol. The van der Waals surface area contributed by atoms with Gasteiger partial charge in [-0.3, -0.25) is 0 Å². The average molecular weight is 257 g/mol. The van der Waals surface area contributed by atoms with Crippen molar-refractivity contribution in [3.8, 4) is 5.75 Å². The van der Waals surface area contributed by atoms with Crippen LogP contribution in [-0.4, -0.2) is 28.7 Å². The molecule has 0 saturated carbocycles. The molecule has 16 heavy (non-hydrogen) atoms. The summed E-state index contributed by atoms with van der Waals surface area (Å²) >= 11 is 7.32. The van der Waals surface area contributed by atoms with Gasteiger partial charge in [0.15, 0.2) is 5.16 Å². The number of hydrogen-bond donors (Lipinski definition) is 1. The van der Waals surface area contributed by atoms with Gasteiger partial charge < -0.3 is 9.72 Å². The third kappa shape index (κ3) is 2.62. The van der Waals surface area contributed by atoms with E-state index in [1.54, 1.807) is 18.9 Å². The number of alkyl halides is 1. The van der Waals surface area contributed by atoms with Crippen LogP contribution in [0.3, 0.4) is 0 Å². The predicted molar refractivity (Wildman–Crippen MR) is 68.7 cm³/mol. The Bertz CT molecular complexity index is 472. The zero-order valence-corrected chi connectivity index (χ0v) is 10.6. The monoisotopic (exact) mass is 256 g/mol. The molecule has 0 radical (unpaired) electrons. The average Bonchev–Trinajstić information content (AvgIpc) is 2.70. The number of aromatic nitrogens is 2. The van der Waals surface area contributed by atoms with Crippen LogP contribution in [0.4, 0.5) is 0 Å². The maximum Gasteiger partial charge on any atom is 0.166 e. The molecule has 0 aliphatic carbocycles. The maximum absolute atomic E-state index is 5.63. The van der Waals surface area contributed by atoms with Crippen molar-refractivity contribution in [2.24, 2.45) is 0 Å². The Morgan fingerprint density at radius 1 is 1.50 bits per heavy atom. The van der Waals surface area contributed by atoms with E-state index in [4.69, 9.17) is 16.3 Å². The van der Waals surface area contributed by atoms with E-state index >= 15 is 0 Å². The quantitative estimate of drug-likeness (QED) is 0.507. The first-order chi connectivity index (χ1) is 7.83. The number of H-pyrrole nitrogens is 1. The summed E-state index contributed by atoms with van der Waals surface area (Å²) < 4.78 is 5.16. The molecule has 0 atom stereocenters. The van der Waals surface area contributed by atoms with Gasteiger partial charge in [-0.1, -0.05) is 11.8 Å². The van der Waals surface area contributed by atoms with Crippen molar-refractivity contribution in [1.82, 2.24) is 9.97 Å². The number of fused-ring (bicyclic) bond motifs is 1. The van der Waals surface area contributed by atoms with Gasteiger partial charge in [0.2, 0.25) is 0 Å². The highest BCUT2D eigenvalue weighted by Gasteiger charge is 2.04. The molecule has 2 aromatic rings. The van der Waals surface area contributed by atoms with E-state index < -0.39 is 0 Å². The lowest BCUT2D eigenvalue weighted by atomic mass is 10.3. The first-order valence-electron chi connectivity index (χ1n) is 5.06. The molecule has 0 aliphatic rings. The SMILES string of the molecule is COc1ccc2nc(SCCCCl)[nH]c2c1. The second-order valence-corrected chi connectivity index (χ2v) is 4.78. The molecule has 0 saturated heterocycles. The third-order valence-electron chi connectivity index (χ3n) is 2.18. The fourth-order valence-electron chi connectivity index (χ4n) is 1.38. The molecule has 0 fully saturated rings. The molecule has 5 heteroatoms. The maximum atomic E-state index is 5.63. The van der Waals surface area contributed by atoms with E-state index in [2.05, 4.69) is 9.97 Å². The second-order valence-electron chi connectivity index (χ2n) is 3.32. The van der Waals surface area contributed by atoms with Crippen LogP contribution in [-0.2, 0) is 0 Å². The van der Waals surface area contributed by atoms with Crippen molar-refractivity contribution < 1.29 is 4.74 Å². The van der Waals surface area contributed by atoms with Gasteiger partial charge >= 0.3 is 0 Å². The second kappa shape index (κ2) is 5.46. The highest BCUT2D eigenvalue weighted by Crippen LogP contribution is 2.23. The molecule has 2 rings (SSSR count). The molecule has 1 heterocycles. The summed E-state index contributed by atoms with van der Waals surface area (Å²) in [5, 5.41) is 0.938. The van der Waals surface area contributed by atoms with Crippen molar-refractivity contribution in [3.63, 3.8) is 0 Å². The fraction of sp³-hybridized carbons (Fsp3) is 0.364. The van der Waals surface area contributed by atoms with Gasteiger partial charge in [0, 0.05) is 17.7 Å². The summed E-state index contributed by atoms with van der Waals surface area (Å²) in [5.74, 6) is 2.52. The Labute approximate surface area is 104 Å². The highest BCUT2D eigenvalue weighted by molar-refractivity contribution is 7.99. The van der Waals surface area contributed by atoms with E-state index in [1.807, 2.05) is 18.2 Å². The minimum Gasteiger partial charge on any atom is -0.497 e. The Hall–Kier alpha value is -0.870. The van der Waals surface area contributed by atoms with Gasteiger partial charge in [0.05, 0.1) is 18.1 Å². The van der Waals surface area contributed by atoms with E-state index in [9.17, 15) is 0 Å². The minimum atomic E-state index is 0.695. The number of halogens is 1. The van der Waals surface area contributed by atoms with E-state index in [0.717, 1.165) is 34.1 Å². The van der Waals surface area contributed by atoms with Crippen LogP contribution in [0.5, 0.6) is 5.75 Å². The van der Waals surface area contributed by atoms with Crippen molar-refractivity contribution in [2.75, 3.05) is 18.7 Å². The lowest BCUT2D eigenvalue weighted by molar-refractivity contribution is 0.415. The van der Waals surface area contributed by atoms with Gasteiger partial charge in [-0.25, -0.2) is 4.98 Å². The fourth-order valence-corrected chi connectivity index (χ4v) is 2.50. The van der Waals surface area contributed by atoms with Crippen LogP contribution in [0.2, 0.25) is 0 Å². The lowest BCUT2D eigenvalue weighted by Gasteiger charge is -1.96. The van der Waals surface area contributed by atoms with E-state index in [0.29, 0.717) is 5.88 Å². The number of hydrogen-bond acceptors (Lipinski definition) is 3. The number of methoxy groups -OCH3 is 1. The van der Waals surface area contributed by atoms with Gasteiger partial charge in [0.1, 0.15) is 5.75 Å². The number of nitrogens with zero attached hydrogens (tertiary/aromatic N) is 1. The number of rotatable bonds is 5. The van der Waals surface area contributed by atoms with E-state index in [-0.39, 0.29) is 0 Å². The molecule has 86 valence electrons. The van der Waals surface area contributed by atoms with Gasteiger partial charge in [-0.2, -0.15) is 0 Å². The number of benzene rings is 1. The van der Waals surface area contributed by atoms with E-state index in [1.165, 1.54) is 0 Å². The normalized spacial score (nSPS) is 10.9. The zero-order chi connectivity index (χ0) is 11.4. The van der Waals surface area contributed by atoms with Crippen LogP contribution >= 0.6 is 23.4 Å². The predicted octanol–water partition coefficient (Wildman–Crippen LogP) is 3.29. The molecule has 0 bridgehead atoms. The van der Waals surface area contributed by atoms with Crippen molar-refractivity contribution in [2.45, 2.75) is 11.6 Å². The smallest absolute Gasteiger partial charge is 0.166 e. The van der Waals surface area contributed by atoms with Crippen LogP contribution in [0.25, 0.3) is 11.0 Å². The summed E-state index contributed by atoms with van der Waals surface area (Å²) in [6.45, 7) is 0. The van der Waals surface area contributed by atoms with Crippen LogP contribution in [0.15, 0.2) is 23.4 Å². The summed E-state index contributed by atoms with van der Waals surface area (Å²) in [6, 6.07) is 5.82. The molecule has 0 aliphatic heterocycles. The minimum absolute atomic E-state index is 0.695. The van der Waals surface area contributed by atoms with Crippen molar-refractivity contribution >= 4 is 34.4 Å². The Morgan fingerprint density at radius 2 is 2.38 bits per heavy atom. The first kappa shape index (κ1) is 11.6. The van der Waals surface area contributed by atoms with Crippen LogP contribution < -0.4 is 4.74 Å². The standard InChI is InChI=1S/C11H13ClN2OS/c1-15-8-3-4-9-10(7-8)14-11(13-9)16-6-2-5-12/h3-4,7H,2,5-6H2,1H3,(H,13,14). The molecule has 1 N–H and O–H groups in total. The van der Waals surface area contributed by atoms with Gasteiger partial charge in [-0.05, 0) is 18.6 Å². The summed E-state index contributed by atoms with van der Waals surface area (Å²) in [4.78, 5) is 7.73. The Kier molecular flexibility index (Phi) is 3.96. The molecule has 1 aromatic carbocycles. The number of imidazole rings is 1. The number of nitrogens with one attached hydrogen (secondary N) is 1. The van der Waals surface area contributed by atoms with Crippen LogP contribution in [0.1, 0.15) is 6.42 Å². The molecule has 3 nitrogen and oxygen atoms in total. The topological polar surface area (TPSA) is 37.9 Å².